The van der Waals surface area contributed by atoms with E-state index in [9.17, 15) is 4.79 Å². The van der Waals surface area contributed by atoms with Crippen LogP contribution < -0.4 is 14.8 Å². The molecule has 7 heteroatoms. The highest BCUT2D eigenvalue weighted by Crippen LogP contribution is 2.27. The van der Waals surface area contributed by atoms with Crippen LogP contribution in [0.3, 0.4) is 0 Å². The number of benzene rings is 1. The minimum atomic E-state index is -0.382. The Morgan fingerprint density at radius 3 is 2.73 bits per heavy atom. The van der Waals surface area contributed by atoms with Gasteiger partial charge in [0.15, 0.2) is 11.5 Å². The zero-order valence-electron chi connectivity index (χ0n) is 12.9. The molecule has 0 spiro atoms. The standard InChI is InChI=1S/C15H20N4O3/c1-11(19-10-16-9-18-19)15(20)17-7-6-12-4-5-13(21-2)14(8-12)22-3/h4-5,8-11H,6-7H2,1-3H3,(H,17,20). The summed E-state index contributed by atoms with van der Waals surface area (Å²) in [5, 5.41) is 6.85. The number of methoxy groups -OCH3 is 2. The number of carbonyl (C=O) groups is 1. The molecule has 1 aromatic heterocycles. The normalized spacial score (nSPS) is 11.8. The van der Waals surface area contributed by atoms with Gasteiger partial charge in [0, 0.05) is 6.54 Å². The highest BCUT2D eigenvalue weighted by atomic mass is 16.5. The fourth-order valence-corrected chi connectivity index (χ4v) is 2.05. The molecule has 0 aliphatic carbocycles. The van der Waals surface area contributed by atoms with E-state index in [0.29, 0.717) is 24.5 Å². The van der Waals surface area contributed by atoms with E-state index in [1.54, 1.807) is 21.1 Å². The van der Waals surface area contributed by atoms with Gasteiger partial charge in [0.05, 0.1) is 14.2 Å². The van der Waals surface area contributed by atoms with Crippen molar-refractivity contribution in [3.8, 4) is 11.5 Å². The Bertz CT molecular complexity index is 613. The highest BCUT2D eigenvalue weighted by molar-refractivity contribution is 5.79. The molecule has 0 aliphatic heterocycles. The van der Waals surface area contributed by atoms with Crippen molar-refractivity contribution in [2.45, 2.75) is 19.4 Å². The lowest BCUT2D eigenvalue weighted by Gasteiger charge is -2.13. The van der Waals surface area contributed by atoms with Gasteiger partial charge in [0.25, 0.3) is 0 Å². The van der Waals surface area contributed by atoms with Gasteiger partial charge in [0.1, 0.15) is 18.7 Å². The van der Waals surface area contributed by atoms with Gasteiger partial charge in [-0.25, -0.2) is 9.67 Å². The van der Waals surface area contributed by atoms with Crippen LogP contribution in [0.5, 0.6) is 11.5 Å². The lowest BCUT2D eigenvalue weighted by atomic mass is 10.1. The molecule has 1 amide bonds. The quantitative estimate of drug-likeness (QED) is 0.832. The molecule has 0 bridgehead atoms. The van der Waals surface area contributed by atoms with Crippen LogP contribution in [0.2, 0.25) is 0 Å². The number of carbonyl (C=O) groups excluding carboxylic acids is 1. The van der Waals surface area contributed by atoms with Crippen molar-refractivity contribution in [2.24, 2.45) is 0 Å². The SMILES string of the molecule is COc1ccc(CCNC(=O)C(C)n2cncn2)cc1OC. The maximum atomic E-state index is 12.0. The first-order chi connectivity index (χ1) is 10.7. The van der Waals surface area contributed by atoms with E-state index in [2.05, 4.69) is 15.4 Å². The van der Waals surface area contributed by atoms with Gasteiger partial charge in [-0.2, -0.15) is 5.10 Å². The first kappa shape index (κ1) is 15.8. The Labute approximate surface area is 129 Å². The molecular formula is C15H20N4O3. The van der Waals surface area contributed by atoms with Crippen molar-refractivity contribution in [3.63, 3.8) is 0 Å². The van der Waals surface area contributed by atoms with Crippen LogP contribution in [0.25, 0.3) is 0 Å². The topological polar surface area (TPSA) is 78.3 Å². The zero-order chi connectivity index (χ0) is 15.9. The summed E-state index contributed by atoms with van der Waals surface area (Å²) in [4.78, 5) is 15.8. The minimum Gasteiger partial charge on any atom is -0.493 e. The van der Waals surface area contributed by atoms with E-state index in [4.69, 9.17) is 9.47 Å². The third-order valence-electron chi connectivity index (χ3n) is 3.37. The van der Waals surface area contributed by atoms with E-state index in [1.165, 1.54) is 17.3 Å². The summed E-state index contributed by atoms with van der Waals surface area (Å²) in [5.74, 6) is 1.28. The maximum absolute atomic E-state index is 12.0. The Hall–Kier alpha value is -2.57. The van der Waals surface area contributed by atoms with Gasteiger partial charge in [-0.3, -0.25) is 4.79 Å². The van der Waals surface area contributed by atoms with Crippen LogP contribution in [0.1, 0.15) is 18.5 Å². The number of rotatable bonds is 7. The first-order valence-electron chi connectivity index (χ1n) is 6.98. The van der Waals surface area contributed by atoms with E-state index in [-0.39, 0.29) is 11.9 Å². The molecule has 0 saturated carbocycles. The van der Waals surface area contributed by atoms with E-state index < -0.39 is 0 Å². The molecule has 0 fully saturated rings. The molecule has 1 heterocycles. The van der Waals surface area contributed by atoms with Crippen molar-refractivity contribution in [3.05, 3.63) is 36.4 Å². The second-order valence-electron chi connectivity index (χ2n) is 4.78. The monoisotopic (exact) mass is 304 g/mol. The summed E-state index contributed by atoms with van der Waals surface area (Å²) < 4.78 is 12.0. The molecule has 1 unspecified atom stereocenters. The number of amides is 1. The summed E-state index contributed by atoms with van der Waals surface area (Å²) in [6, 6.07) is 5.33. The van der Waals surface area contributed by atoms with Crippen molar-refractivity contribution in [1.82, 2.24) is 20.1 Å². The first-order valence-corrected chi connectivity index (χ1v) is 6.98. The molecule has 118 valence electrons. The number of aromatic nitrogens is 3. The smallest absolute Gasteiger partial charge is 0.244 e. The molecule has 7 nitrogen and oxygen atoms in total. The Kier molecular flexibility index (Phi) is 5.35. The largest absolute Gasteiger partial charge is 0.493 e. The van der Waals surface area contributed by atoms with Gasteiger partial charge < -0.3 is 14.8 Å². The fourth-order valence-electron chi connectivity index (χ4n) is 2.05. The van der Waals surface area contributed by atoms with Crippen LogP contribution in [0, 0.1) is 0 Å². The fraction of sp³-hybridized carbons (Fsp3) is 0.400. The molecule has 0 saturated heterocycles. The molecule has 1 aromatic carbocycles. The van der Waals surface area contributed by atoms with Crippen LogP contribution in [-0.4, -0.2) is 41.4 Å². The molecule has 2 aromatic rings. The molecular weight excluding hydrogens is 284 g/mol. The van der Waals surface area contributed by atoms with Crippen molar-refractivity contribution in [2.75, 3.05) is 20.8 Å². The predicted octanol–water partition coefficient (Wildman–Crippen LogP) is 1.22. The summed E-state index contributed by atoms with van der Waals surface area (Å²) in [6.07, 6.45) is 3.64. The van der Waals surface area contributed by atoms with Gasteiger partial charge in [-0.1, -0.05) is 6.07 Å². The van der Waals surface area contributed by atoms with E-state index >= 15 is 0 Å². The average Bonchev–Trinajstić information content (AvgIpc) is 3.08. The number of nitrogens with zero attached hydrogens (tertiary/aromatic N) is 3. The molecule has 0 radical (unpaired) electrons. The van der Waals surface area contributed by atoms with Crippen LogP contribution in [0.15, 0.2) is 30.9 Å². The summed E-state index contributed by atoms with van der Waals surface area (Å²) in [5.41, 5.74) is 1.06. The zero-order valence-corrected chi connectivity index (χ0v) is 12.9. The second kappa shape index (κ2) is 7.44. The van der Waals surface area contributed by atoms with Gasteiger partial charge in [0.2, 0.25) is 5.91 Å². The molecule has 2 rings (SSSR count). The number of hydrogen-bond donors (Lipinski definition) is 1. The average molecular weight is 304 g/mol. The molecule has 1 N–H and O–H groups in total. The van der Waals surface area contributed by atoms with E-state index in [1.807, 2.05) is 18.2 Å². The Morgan fingerprint density at radius 2 is 2.09 bits per heavy atom. The van der Waals surface area contributed by atoms with Crippen LogP contribution in [0.4, 0.5) is 0 Å². The predicted molar refractivity (Wildman–Crippen MR) is 81.0 cm³/mol. The van der Waals surface area contributed by atoms with Gasteiger partial charge in [-0.05, 0) is 31.0 Å². The summed E-state index contributed by atoms with van der Waals surface area (Å²) >= 11 is 0. The molecule has 0 aliphatic rings. The van der Waals surface area contributed by atoms with E-state index in [0.717, 1.165) is 5.56 Å². The molecule has 22 heavy (non-hydrogen) atoms. The number of nitrogens with one attached hydrogen (secondary N) is 1. The maximum Gasteiger partial charge on any atom is 0.244 e. The second-order valence-corrected chi connectivity index (χ2v) is 4.78. The lowest BCUT2D eigenvalue weighted by Crippen LogP contribution is -2.32. The number of hydrogen-bond acceptors (Lipinski definition) is 5. The summed E-state index contributed by atoms with van der Waals surface area (Å²) in [6.45, 7) is 2.31. The van der Waals surface area contributed by atoms with Gasteiger partial charge in [-0.15, -0.1) is 0 Å². The molecule has 1 atom stereocenters. The Balaban J connectivity index is 1.87. The van der Waals surface area contributed by atoms with Crippen molar-refractivity contribution in [1.29, 1.82) is 0 Å². The Morgan fingerprint density at radius 1 is 1.32 bits per heavy atom. The minimum absolute atomic E-state index is 0.0917. The summed E-state index contributed by atoms with van der Waals surface area (Å²) in [7, 11) is 3.20. The third-order valence-corrected chi connectivity index (χ3v) is 3.37. The number of ether oxygens (including phenoxy) is 2. The highest BCUT2D eigenvalue weighted by Gasteiger charge is 2.14. The van der Waals surface area contributed by atoms with Crippen LogP contribution >= 0.6 is 0 Å². The van der Waals surface area contributed by atoms with Crippen molar-refractivity contribution >= 4 is 5.91 Å². The van der Waals surface area contributed by atoms with Crippen molar-refractivity contribution < 1.29 is 14.3 Å². The van der Waals surface area contributed by atoms with Gasteiger partial charge >= 0.3 is 0 Å². The lowest BCUT2D eigenvalue weighted by molar-refractivity contribution is -0.124. The third kappa shape index (κ3) is 3.75. The van der Waals surface area contributed by atoms with Crippen LogP contribution in [-0.2, 0) is 11.2 Å².